The summed E-state index contributed by atoms with van der Waals surface area (Å²) in [5.74, 6) is 0.126. The first kappa shape index (κ1) is 14.7. The van der Waals surface area contributed by atoms with Gasteiger partial charge in [-0.15, -0.1) is 0 Å². The van der Waals surface area contributed by atoms with Gasteiger partial charge in [-0.1, -0.05) is 24.3 Å². The molecule has 0 aliphatic heterocycles. The molecule has 0 heterocycles. The van der Waals surface area contributed by atoms with Gasteiger partial charge in [-0.2, -0.15) is 0 Å². The zero-order valence-electron chi connectivity index (χ0n) is 11.4. The number of hydrogen-bond acceptors (Lipinski definition) is 3. The first-order chi connectivity index (χ1) is 8.56. The van der Waals surface area contributed by atoms with E-state index in [1.807, 2.05) is 24.3 Å². The van der Waals surface area contributed by atoms with E-state index in [1.165, 1.54) is 0 Å². The Morgan fingerprint density at radius 1 is 1.39 bits per heavy atom. The number of nitrogens with one attached hydrogen (secondary N) is 1. The highest BCUT2D eigenvalue weighted by Gasteiger charge is 2.12. The van der Waals surface area contributed by atoms with Gasteiger partial charge in [0.2, 0.25) is 0 Å². The molecule has 0 aliphatic carbocycles. The second-order valence-electron chi connectivity index (χ2n) is 4.63. The van der Waals surface area contributed by atoms with Gasteiger partial charge in [-0.05, 0) is 19.4 Å². The first-order valence-corrected chi connectivity index (χ1v) is 6.21. The summed E-state index contributed by atoms with van der Waals surface area (Å²) in [7, 11) is 1.71. The number of rotatable bonds is 7. The van der Waals surface area contributed by atoms with Crippen molar-refractivity contribution in [2.24, 2.45) is 5.73 Å². The maximum absolute atomic E-state index is 7.60. The molecular weight excluding hydrogens is 226 g/mol. The summed E-state index contributed by atoms with van der Waals surface area (Å²) in [6.45, 7) is 6.69. The molecule has 18 heavy (non-hydrogen) atoms. The number of hydrogen-bond donors (Lipinski definition) is 2. The van der Waals surface area contributed by atoms with Crippen LogP contribution in [-0.4, -0.2) is 37.0 Å². The van der Waals surface area contributed by atoms with Crippen LogP contribution in [0.1, 0.15) is 25.0 Å². The van der Waals surface area contributed by atoms with Gasteiger partial charge in [0.1, 0.15) is 5.84 Å². The van der Waals surface area contributed by atoms with E-state index < -0.39 is 0 Å². The minimum atomic E-state index is 0.126. The third-order valence-corrected chi connectivity index (χ3v) is 2.99. The lowest BCUT2D eigenvalue weighted by Crippen LogP contribution is -2.34. The lowest BCUT2D eigenvalue weighted by Gasteiger charge is -2.27. The van der Waals surface area contributed by atoms with Crippen molar-refractivity contribution in [3.05, 3.63) is 35.4 Å². The Hall–Kier alpha value is -1.39. The third-order valence-electron chi connectivity index (χ3n) is 2.99. The molecule has 1 aromatic rings. The third kappa shape index (κ3) is 4.13. The van der Waals surface area contributed by atoms with Crippen LogP contribution < -0.4 is 5.73 Å². The average molecular weight is 249 g/mol. The molecule has 0 amide bonds. The topological polar surface area (TPSA) is 62.3 Å². The van der Waals surface area contributed by atoms with Crippen LogP contribution >= 0.6 is 0 Å². The van der Waals surface area contributed by atoms with Crippen LogP contribution in [0.4, 0.5) is 0 Å². The van der Waals surface area contributed by atoms with Gasteiger partial charge < -0.3 is 10.5 Å². The fourth-order valence-corrected chi connectivity index (χ4v) is 1.87. The molecular formula is C14H23N3O. The minimum Gasteiger partial charge on any atom is -0.384 e. The molecule has 3 N–H and O–H groups in total. The van der Waals surface area contributed by atoms with Crippen molar-refractivity contribution in [1.29, 1.82) is 5.41 Å². The quantitative estimate of drug-likeness (QED) is 0.572. The highest BCUT2D eigenvalue weighted by molar-refractivity contribution is 5.96. The number of nitrogens with zero attached hydrogens (tertiary/aromatic N) is 1. The molecule has 4 nitrogen and oxygen atoms in total. The number of benzene rings is 1. The predicted molar refractivity (Wildman–Crippen MR) is 74.9 cm³/mol. The van der Waals surface area contributed by atoms with E-state index in [-0.39, 0.29) is 5.84 Å². The van der Waals surface area contributed by atoms with Crippen LogP contribution in [0.3, 0.4) is 0 Å². The fraction of sp³-hybridized carbons (Fsp3) is 0.500. The predicted octanol–water partition coefficient (Wildman–Crippen LogP) is 1.83. The van der Waals surface area contributed by atoms with Gasteiger partial charge in [-0.25, -0.2) is 0 Å². The Morgan fingerprint density at radius 3 is 2.61 bits per heavy atom. The second kappa shape index (κ2) is 7.13. The summed E-state index contributed by atoms with van der Waals surface area (Å²) in [6, 6.07) is 8.25. The molecule has 0 spiro atoms. The van der Waals surface area contributed by atoms with Crippen LogP contribution in [0.25, 0.3) is 0 Å². The average Bonchev–Trinajstić information content (AvgIpc) is 2.34. The lowest BCUT2D eigenvalue weighted by atomic mass is 10.1. The van der Waals surface area contributed by atoms with Crippen LogP contribution in [-0.2, 0) is 11.3 Å². The van der Waals surface area contributed by atoms with Crippen molar-refractivity contribution in [1.82, 2.24) is 4.90 Å². The zero-order chi connectivity index (χ0) is 13.5. The summed E-state index contributed by atoms with van der Waals surface area (Å²) < 4.78 is 5.13. The normalized spacial score (nSPS) is 11.2. The van der Waals surface area contributed by atoms with Crippen LogP contribution in [0, 0.1) is 5.41 Å². The Balaban J connectivity index is 2.83. The highest BCUT2D eigenvalue weighted by Crippen LogP contribution is 2.13. The van der Waals surface area contributed by atoms with Gasteiger partial charge in [-0.3, -0.25) is 10.3 Å². The molecule has 0 saturated carbocycles. The van der Waals surface area contributed by atoms with Crippen molar-refractivity contribution in [3.63, 3.8) is 0 Å². The molecule has 0 aliphatic rings. The number of nitrogen functional groups attached to an aromatic ring is 1. The van der Waals surface area contributed by atoms with Crippen LogP contribution in [0.5, 0.6) is 0 Å². The standard InChI is InChI=1S/C14H23N3O/c1-11(2)17(8-9-18-3)10-12-6-4-5-7-13(12)14(15)16/h4-7,11H,8-10H2,1-3H3,(H3,15,16). The summed E-state index contributed by atoms with van der Waals surface area (Å²) in [5.41, 5.74) is 7.52. The molecule has 0 radical (unpaired) electrons. The number of ether oxygens (including phenoxy) is 1. The first-order valence-electron chi connectivity index (χ1n) is 6.21. The molecule has 0 fully saturated rings. The Kier molecular flexibility index (Phi) is 5.82. The van der Waals surface area contributed by atoms with Crippen molar-refractivity contribution in [2.75, 3.05) is 20.3 Å². The number of methoxy groups -OCH3 is 1. The molecule has 0 unspecified atom stereocenters. The SMILES string of the molecule is COCCN(Cc1ccccc1C(=N)N)C(C)C. The van der Waals surface area contributed by atoms with Gasteiger partial charge in [0.05, 0.1) is 6.61 Å². The maximum atomic E-state index is 7.60. The van der Waals surface area contributed by atoms with Crippen molar-refractivity contribution >= 4 is 5.84 Å². The molecule has 1 rings (SSSR count). The number of nitrogens with two attached hydrogens (primary N) is 1. The Labute approximate surface area is 109 Å². The molecule has 0 saturated heterocycles. The second-order valence-corrected chi connectivity index (χ2v) is 4.63. The summed E-state index contributed by atoms with van der Waals surface area (Å²) >= 11 is 0. The Morgan fingerprint density at radius 2 is 2.06 bits per heavy atom. The van der Waals surface area contributed by atoms with Gasteiger partial charge in [0.15, 0.2) is 0 Å². The molecule has 100 valence electrons. The van der Waals surface area contributed by atoms with Gasteiger partial charge in [0, 0.05) is 31.8 Å². The molecule has 0 atom stereocenters. The molecule has 0 bridgehead atoms. The maximum Gasteiger partial charge on any atom is 0.123 e. The summed E-state index contributed by atoms with van der Waals surface area (Å²) in [6.07, 6.45) is 0. The fourth-order valence-electron chi connectivity index (χ4n) is 1.87. The molecule has 4 heteroatoms. The van der Waals surface area contributed by atoms with Crippen LogP contribution in [0.2, 0.25) is 0 Å². The lowest BCUT2D eigenvalue weighted by molar-refractivity contribution is 0.125. The van der Waals surface area contributed by atoms with E-state index in [9.17, 15) is 0 Å². The van der Waals surface area contributed by atoms with E-state index in [4.69, 9.17) is 15.9 Å². The van der Waals surface area contributed by atoms with E-state index in [0.717, 1.165) is 24.2 Å². The molecule has 1 aromatic carbocycles. The Bertz CT molecular complexity index is 390. The van der Waals surface area contributed by atoms with E-state index in [1.54, 1.807) is 7.11 Å². The van der Waals surface area contributed by atoms with E-state index in [0.29, 0.717) is 12.6 Å². The van der Waals surface area contributed by atoms with Gasteiger partial charge in [0.25, 0.3) is 0 Å². The van der Waals surface area contributed by atoms with Gasteiger partial charge >= 0.3 is 0 Å². The largest absolute Gasteiger partial charge is 0.384 e. The highest BCUT2D eigenvalue weighted by atomic mass is 16.5. The molecule has 0 aromatic heterocycles. The van der Waals surface area contributed by atoms with Crippen molar-refractivity contribution in [3.8, 4) is 0 Å². The van der Waals surface area contributed by atoms with Crippen molar-refractivity contribution in [2.45, 2.75) is 26.4 Å². The minimum absolute atomic E-state index is 0.126. The number of amidine groups is 1. The smallest absolute Gasteiger partial charge is 0.123 e. The monoisotopic (exact) mass is 249 g/mol. The summed E-state index contributed by atoms with van der Waals surface area (Å²) in [5, 5.41) is 7.60. The summed E-state index contributed by atoms with van der Waals surface area (Å²) in [4.78, 5) is 2.31. The zero-order valence-corrected chi connectivity index (χ0v) is 11.4. The van der Waals surface area contributed by atoms with E-state index >= 15 is 0 Å². The van der Waals surface area contributed by atoms with Crippen molar-refractivity contribution < 1.29 is 4.74 Å². The van der Waals surface area contributed by atoms with Crippen LogP contribution in [0.15, 0.2) is 24.3 Å². The van der Waals surface area contributed by atoms with E-state index in [2.05, 4.69) is 18.7 Å².